The van der Waals surface area contributed by atoms with Crippen LogP contribution in [0.3, 0.4) is 0 Å². The SMILES string of the molecule is CC=CCc1ccc(C[CH-]NC)cc1.[CH3-].[Y]. The van der Waals surface area contributed by atoms with Crippen molar-refractivity contribution in [3.05, 3.63) is 61.5 Å². The number of hydrogen-bond donors (Lipinski definition) is 1. The second-order valence-electron chi connectivity index (χ2n) is 3.29. The molecule has 0 saturated carbocycles. The minimum Gasteiger partial charge on any atom is -0.472 e. The zero-order chi connectivity index (χ0) is 10.2. The number of nitrogens with one attached hydrogen (secondary N) is 1. The third-order valence-corrected chi connectivity index (χ3v) is 2.15. The predicted octanol–water partition coefficient (Wildman–Crippen LogP) is 3.18. The van der Waals surface area contributed by atoms with Crippen molar-refractivity contribution in [2.75, 3.05) is 7.05 Å². The second-order valence-corrected chi connectivity index (χ2v) is 3.29. The van der Waals surface area contributed by atoms with Gasteiger partial charge in [0.05, 0.1) is 0 Å². The summed E-state index contributed by atoms with van der Waals surface area (Å²) in [4.78, 5) is 0. The summed E-state index contributed by atoms with van der Waals surface area (Å²) in [5.74, 6) is 0. The molecule has 2 heteroatoms. The number of benzene rings is 1. The van der Waals surface area contributed by atoms with Gasteiger partial charge in [-0.2, -0.15) is 0 Å². The first-order valence-corrected chi connectivity index (χ1v) is 5.04. The first-order valence-electron chi connectivity index (χ1n) is 5.04. The van der Waals surface area contributed by atoms with Gasteiger partial charge in [0.1, 0.15) is 0 Å². The van der Waals surface area contributed by atoms with Gasteiger partial charge in [-0.05, 0) is 26.0 Å². The first kappa shape index (κ1) is 18.4. The van der Waals surface area contributed by atoms with Gasteiger partial charge in [-0.15, -0.1) is 6.42 Å². The van der Waals surface area contributed by atoms with Crippen LogP contribution in [0, 0.1) is 14.0 Å². The summed E-state index contributed by atoms with van der Waals surface area (Å²) >= 11 is 0. The van der Waals surface area contributed by atoms with Crippen LogP contribution in [0.2, 0.25) is 0 Å². The molecule has 0 aromatic heterocycles. The summed E-state index contributed by atoms with van der Waals surface area (Å²) in [7, 11) is 1.93. The van der Waals surface area contributed by atoms with Gasteiger partial charge in [-0.1, -0.05) is 42.0 Å². The van der Waals surface area contributed by atoms with E-state index in [-0.39, 0.29) is 40.1 Å². The van der Waals surface area contributed by atoms with Crippen molar-refractivity contribution in [2.45, 2.75) is 19.8 Å². The topological polar surface area (TPSA) is 12.0 Å². The van der Waals surface area contributed by atoms with E-state index in [9.17, 15) is 0 Å². The largest absolute Gasteiger partial charge is 0.472 e. The minimum atomic E-state index is 0. The van der Waals surface area contributed by atoms with Gasteiger partial charge in [0, 0.05) is 32.7 Å². The van der Waals surface area contributed by atoms with E-state index in [0.29, 0.717) is 0 Å². The van der Waals surface area contributed by atoms with Gasteiger partial charge in [-0.25, -0.2) is 0 Å². The van der Waals surface area contributed by atoms with Gasteiger partial charge in [-0.3, -0.25) is 6.54 Å². The molecule has 0 aliphatic heterocycles. The third kappa shape index (κ3) is 7.32. The Labute approximate surface area is 126 Å². The first-order chi connectivity index (χ1) is 6.86. The van der Waals surface area contributed by atoms with Crippen molar-refractivity contribution in [1.82, 2.24) is 5.32 Å². The molecule has 0 aliphatic rings. The summed E-state index contributed by atoms with van der Waals surface area (Å²) in [6.45, 7) is 4.11. The average molecular weight is 292 g/mol. The number of allylic oxidation sites excluding steroid dienone is 2. The quantitative estimate of drug-likeness (QED) is 0.649. The Morgan fingerprint density at radius 1 is 1.19 bits per heavy atom. The van der Waals surface area contributed by atoms with Crippen LogP contribution < -0.4 is 5.32 Å². The minimum absolute atomic E-state index is 0. The van der Waals surface area contributed by atoms with Gasteiger partial charge < -0.3 is 12.7 Å². The molecule has 0 bridgehead atoms. The molecule has 1 radical (unpaired) electrons. The number of rotatable bonds is 5. The zero-order valence-electron chi connectivity index (χ0n) is 10.5. The average Bonchev–Trinajstić information content (AvgIpc) is 2.25. The molecule has 0 spiro atoms. The maximum atomic E-state index is 3.03. The molecule has 1 aromatic rings. The molecule has 1 aromatic carbocycles. The maximum Gasteiger partial charge on any atom is 0 e. The zero-order valence-corrected chi connectivity index (χ0v) is 13.4. The summed E-state index contributed by atoms with van der Waals surface area (Å²) in [6.07, 6.45) is 6.28. The van der Waals surface area contributed by atoms with Crippen molar-refractivity contribution < 1.29 is 32.7 Å². The van der Waals surface area contributed by atoms with Crippen LogP contribution in [-0.4, -0.2) is 7.05 Å². The fraction of sp³-hybridized carbons (Fsp3) is 0.286. The van der Waals surface area contributed by atoms with Gasteiger partial charge in [0.15, 0.2) is 0 Å². The molecule has 1 nitrogen and oxygen atoms in total. The molecule has 16 heavy (non-hydrogen) atoms. The van der Waals surface area contributed by atoms with Crippen LogP contribution in [0.5, 0.6) is 0 Å². The van der Waals surface area contributed by atoms with Crippen molar-refractivity contribution in [3.63, 3.8) is 0 Å². The predicted molar refractivity (Wildman–Crippen MR) is 68.4 cm³/mol. The van der Waals surface area contributed by atoms with E-state index >= 15 is 0 Å². The van der Waals surface area contributed by atoms with Crippen molar-refractivity contribution >= 4 is 0 Å². The molecular formula is C14H21NY-2. The van der Waals surface area contributed by atoms with Crippen LogP contribution in [-0.2, 0) is 45.6 Å². The summed E-state index contributed by atoms with van der Waals surface area (Å²) in [5, 5.41) is 3.03. The number of hydrogen-bond acceptors (Lipinski definition) is 1. The smallest absolute Gasteiger partial charge is 0 e. The molecule has 0 unspecified atom stereocenters. The van der Waals surface area contributed by atoms with Gasteiger partial charge in [0.25, 0.3) is 0 Å². The monoisotopic (exact) mass is 292 g/mol. The third-order valence-electron chi connectivity index (χ3n) is 2.15. The molecule has 0 aliphatic carbocycles. The van der Waals surface area contributed by atoms with Crippen molar-refractivity contribution in [1.29, 1.82) is 0 Å². The molecule has 1 rings (SSSR count). The molecular weight excluding hydrogens is 271 g/mol. The molecule has 1 N–H and O–H groups in total. The summed E-state index contributed by atoms with van der Waals surface area (Å²) in [6, 6.07) is 8.76. The van der Waals surface area contributed by atoms with E-state index in [1.54, 1.807) is 0 Å². The van der Waals surface area contributed by atoms with E-state index in [1.807, 2.05) is 7.05 Å². The van der Waals surface area contributed by atoms with Crippen LogP contribution in [0.25, 0.3) is 0 Å². The Morgan fingerprint density at radius 2 is 1.75 bits per heavy atom. The molecule has 0 heterocycles. The van der Waals surface area contributed by atoms with E-state index in [4.69, 9.17) is 0 Å². The van der Waals surface area contributed by atoms with Crippen molar-refractivity contribution in [3.8, 4) is 0 Å². The van der Waals surface area contributed by atoms with Crippen molar-refractivity contribution in [2.24, 2.45) is 0 Å². The van der Waals surface area contributed by atoms with E-state index in [1.165, 1.54) is 11.1 Å². The molecule has 87 valence electrons. The molecule has 0 fully saturated rings. The van der Waals surface area contributed by atoms with Crippen LogP contribution in [0.15, 0.2) is 36.4 Å². The van der Waals surface area contributed by atoms with Crippen LogP contribution in [0.1, 0.15) is 18.1 Å². The standard InChI is InChI=1S/C13H18N.CH3.Y/c1-3-4-5-12-6-8-13(9-7-12)10-11-14-2;;/h3-4,6-9,11,14H,5,10H2,1-2H3;1H3;/q2*-1;. The maximum absolute atomic E-state index is 3.03. The Morgan fingerprint density at radius 3 is 2.25 bits per heavy atom. The Bertz CT molecular complexity index is 277. The molecule has 0 atom stereocenters. The fourth-order valence-corrected chi connectivity index (χ4v) is 1.29. The molecule has 0 amide bonds. The molecule has 0 saturated heterocycles. The normalized spacial score (nSPS) is 9.62. The number of likely N-dealkylation sites (N-methyl/N-ethyl adjacent to an activating group) is 1. The van der Waals surface area contributed by atoms with Crippen LogP contribution in [0.4, 0.5) is 0 Å². The van der Waals surface area contributed by atoms with Crippen LogP contribution >= 0.6 is 0 Å². The Hall–Kier alpha value is 0.0239. The summed E-state index contributed by atoms with van der Waals surface area (Å²) < 4.78 is 0. The Kier molecular flexibility index (Phi) is 13.2. The van der Waals surface area contributed by atoms with E-state index in [0.717, 1.165) is 12.8 Å². The van der Waals surface area contributed by atoms with Gasteiger partial charge >= 0.3 is 0 Å². The fourth-order valence-electron chi connectivity index (χ4n) is 1.29. The Balaban J connectivity index is 0. The summed E-state index contributed by atoms with van der Waals surface area (Å²) in [5.41, 5.74) is 2.72. The van der Waals surface area contributed by atoms with Gasteiger partial charge in [0.2, 0.25) is 0 Å². The van der Waals surface area contributed by atoms with E-state index < -0.39 is 0 Å². The second kappa shape index (κ2) is 11.5. The van der Waals surface area contributed by atoms with E-state index in [2.05, 4.69) is 55.2 Å².